The van der Waals surface area contributed by atoms with Crippen LogP contribution in [0.1, 0.15) is 24.7 Å². The van der Waals surface area contributed by atoms with E-state index in [1.807, 2.05) is 66.1 Å². The summed E-state index contributed by atoms with van der Waals surface area (Å²) in [6.45, 7) is 4.25. The Morgan fingerprint density at radius 2 is 1.81 bits per heavy atom. The number of imide groups is 1. The Bertz CT molecular complexity index is 1160. The third-order valence-electron chi connectivity index (χ3n) is 5.91. The highest BCUT2D eigenvalue weighted by Gasteiger charge is 2.47. The van der Waals surface area contributed by atoms with Crippen LogP contribution in [-0.4, -0.2) is 50.9 Å². The van der Waals surface area contributed by atoms with Crippen molar-refractivity contribution >= 4 is 28.9 Å². The molecule has 4 rings (SSSR count). The predicted octanol–water partition coefficient (Wildman–Crippen LogP) is 2.40. The summed E-state index contributed by atoms with van der Waals surface area (Å²) in [5.74, 6) is 0.122. The fourth-order valence-electron chi connectivity index (χ4n) is 4.08. The van der Waals surface area contributed by atoms with Crippen LogP contribution in [0, 0.1) is 6.92 Å². The molecule has 0 bridgehead atoms. The fraction of sp³-hybridized carbons (Fsp3) is 0.333. The number of imidazole rings is 1. The molecule has 2 heterocycles. The Labute approximate surface area is 186 Å². The Balaban J connectivity index is 1.31. The van der Waals surface area contributed by atoms with Crippen LogP contribution in [0.4, 0.5) is 4.79 Å². The second kappa shape index (κ2) is 8.82. The summed E-state index contributed by atoms with van der Waals surface area (Å²) in [4.78, 5) is 43.3. The topological polar surface area (TPSA) is 96.3 Å². The molecule has 0 spiro atoms. The zero-order valence-electron chi connectivity index (χ0n) is 18.3. The molecular weight excluding hydrogens is 406 g/mol. The second-order valence-corrected chi connectivity index (χ2v) is 8.29. The molecule has 8 nitrogen and oxygen atoms in total. The minimum Gasteiger partial charge on any atom is -0.353 e. The first-order valence-electron chi connectivity index (χ1n) is 10.7. The first kappa shape index (κ1) is 21.5. The average molecular weight is 434 g/mol. The Morgan fingerprint density at radius 3 is 2.59 bits per heavy atom. The molecule has 2 aromatic carbocycles. The van der Waals surface area contributed by atoms with Gasteiger partial charge >= 0.3 is 6.03 Å². The van der Waals surface area contributed by atoms with Crippen LogP contribution in [0.5, 0.6) is 0 Å². The van der Waals surface area contributed by atoms with Crippen molar-refractivity contribution in [2.45, 2.75) is 38.8 Å². The highest BCUT2D eigenvalue weighted by molar-refractivity contribution is 6.08. The summed E-state index contributed by atoms with van der Waals surface area (Å²) in [5, 5.41) is 5.56. The maximum atomic E-state index is 12.9. The van der Waals surface area contributed by atoms with Crippen LogP contribution in [0.25, 0.3) is 11.0 Å². The van der Waals surface area contributed by atoms with Crippen molar-refractivity contribution in [3.05, 3.63) is 66.0 Å². The summed E-state index contributed by atoms with van der Waals surface area (Å²) in [6.07, 6.45) is 1.12. The SMILES string of the molecule is Cc1nc2ccccc2n1CCNC(=O)CN1C(=O)NC(C)(CCc2ccccc2)C1=O. The van der Waals surface area contributed by atoms with Gasteiger partial charge in [0, 0.05) is 13.1 Å². The van der Waals surface area contributed by atoms with Gasteiger partial charge < -0.3 is 15.2 Å². The lowest BCUT2D eigenvalue weighted by Crippen LogP contribution is -2.45. The van der Waals surface area contributed by atoms with Crippen LogP contribution in [0.2, 0.25) is 0 Å². The van der Waals surface area contributed by atoms with Crippen molar-refractivity contribution < 1.29 is 14.4 Å². The van der Waals surface area contributed by atoms with Crippen molar-refractivity contribution in [3.63, 3.8) is 0 Å². The summed E-state index contributed by atoms with van der Waals surface area (Å²) >= 11 is 0. The van der Waals surface area contributed by atoms with Gasteiger partial charge in [-0.25, -0.2) is 9.78 Å². The number of hydrogen-bond donors (Lipinski definition) is 2. The van der Waals surface area contributed by atoms with E-state index in [4.69, 9.17) is 0 Å². The molecule has 166 valence electrons. The van der Waals surface area contributed by atoms with Crippen molar-refractivity contribution in [2.24, 2.45) is 0 Å². The van der Waals surface area contributed by atoms with E-state index < -0.39 is 11.6 Å². The molecule has 0 radical (unpaired) electrons. The van der Waals surface area contributed by atoms with Crippen LogP contribution in [0.15, 0.2) is 54.6 Å². The third kappa shape index (κ3) is 4.34. The number of para-hydroxylation sites is 2. The molecule has 2 N–H and O–H groups in total. The van der Waals surface area contributed by atoms with Crippen molar-refractivity contribution in [3.8, 4) is 0 Å². The number of rotatable bonds is 8. The van der Waals surface area contributed by atoms with Gasteiger partial charge in [0.15, 0.2) is 0 Å². The van der Waals surface area contributed by atoms with Crippen LogP contribution < -0.4 is 10.6 Å². The van der Waals surface area contributed by atoms with Gasteiger partial charge in [0.05, 0.1) is 11.0 Å². The van der Waals surface area contributed by atoms with Crippen molar-refractivity contribution in [2.75, 3.05) is 13.1 Å². The van der Waals surface area contributed by atoms with Crippen LogP contribution in [-0.2, 0) is 22.6 Å². The molecule has 1 aromatic heterocycles. The zero-order valence-corrected chi connectivity index (χ0v) is 18.3. The number of urea groups is 1. The largest absolute Gasteiger partial charge is 0.353 e. The molecule has 0 saturated carbocycles. The zero-order chi connectivity index (χ0) is 22.7. The van der Waals surface area contributed by atoms with E-state index in [-0.39, 0.29) is 18.4 Å². The molecule has 8 heteroatoms. The summed E-state index contributed by atoms with van der Waals surface area (Å²) in [6, 6.07) is 17.1. The number of hydrogen-bond acceptors (Lipinski definition) is 4. The van der Waals surface area contributed by atoms with Gasteiger partial charge in [-0.3, -0.25) is 14.5 Å². The monoisotopic (exact) mass is 433 g/mol. The number of amides is 4. The van der Waals surface area contributed by atoms with Gasteiger partial charge in [-0.15, -0.1) is 0 Å². The molecule has 0 aliphatic carbocycles. The molecule has 1 aliphatic rings. The Hall–Kier alpha value is -3.68. The molecule has 3 aromatic rings. The number of aromatic nitrogens is 2. The highest BCUT2D eigenvalue weighted by atomic mass is 16.2. The second-order valence-electron chi connectivity index (χ2n) is 8.29. The van der Waals surface area contributed by atoms with E-state index in [2.05, 4.69) is 15.6 Å². The minimum atomic E-state index is -1.01. The van der Waals surface area contributed by atoms with E-state index in [9.17, 15) is 14.4 Å². The van der Waals surface area contributed by atoms with E-state index in [1.54, 1.807) is 6.92 Å². The molecule has 4 amide bonds. The first-order valence-corrected chi connectivity index (χ1v) is 10.7. The number of nitrogens with zero attached hydrogens (tertiary/aromatic N) is 3. The average Bonchev–Trinajstić information content (AvgIpc) is 3.21. The molecule has 1 saturated heterocycles. The number of carbonyl (C=O) groups excluding carboxylic acids is 3. The Kier molecular flexibility index (Phi) is 5.94. The van der Waals surface area contributed by atoms with Crippen molar-refractivity contribution in [1.82, 2.24) is 25.1 Å². The standard InChI is InChI=1S/C24H27N5O3/c1-17-26-19-10-6-7-11-20(19)28(17)15-14-25-21(30)16-29-22(31)24(2,27-23(29)32)13-12-18-8-4-3-5-9-18/h3-11H,12-16H2,1-2H3,(H,25,30)(H,27,32). The maximum Gasteiger partial charge on any atom is 0.325 e. The minimum absolute atomic E-state index is 0.296. The number of benzene rings is 2. The predicted molar refractivity (Wildman–Crippen MR) is 121 cm³/mol. The molecule has 1 unspecified atom stereocenters. The van der Waals surface area contributed by atoms with Gasteiger partial charge in [-0.05, 0) is 44.4 Å². The smallest absolute Gasteiger partial charge is 0.325 e. The lowest BCUT2D eigenvalue weighted by molar-refractivity contribution is -0.134. The van der Waals surface area contributed by atoms with E-state index in [0.717, 1.165) is 27.3 Å². The van der Waals surface area contributed by atoms with Gasteiger partial charge in [-0.2, -0.15) is 0 Å². The summed E-state index contributed by atoms with van der Waals surface area (Å²) in [7, 11) is 0. The summed E-state index contributed by atoms with van der Waals surface area (Å²) < 4.78 is 2.03. The van der Waals surface area contributed by atoms with Gasteiger partial charge in [0.1, 0.15) is 17.9 Å². The molecule has 1 aliphatic heterocycles. The fourth-order valence-corrected chi connectivity index (χ4v) is 4.08. The molecule has 1 atom stereocenters. The first-order chi connectivity index (χ1) is 15.4. The third-order valence-corrected chi connectivity index (χ3v) is 5.91. The molecular formula is C24H27N5O3. The molecule has 1 fully saturated rings. The van der Waals surface area contributed by atoms with E-state index in [0.29, 0.717) is 25.9 Å². The van der Waals surface area contributed by atoms with Crippen molar-refractivity contribution in [1.29, 1.82) is 0 Å². The number of nitrogens with one attached hydrogen (secondary N) is 2. The number of carbonyl (C=O) groups is 3. The van der Waals surface area contributed by atoms with Gasteiger partial charge in [-0.1, -0.05) is 42.5 Å². The van der Waals surface area contributed by atoms with Crippen LogP contribution in [0.3, 0.4) is 0 Å². The lowest BCUT2D eigenvalue weighted by atomic mass is 9.93. The highest BCUT2D eigenvalue weighted by Crippen LogP contribution is 2.23. The normalized spacial score (nSPS) is 18.2. The van der Waals surface area contributed by atoms with Gasteiger partial charge in [0.2, 0.25) is 5.91 Å². The van der Waals surface area contributed by atoms with Gasteiger partial charge in [0.25, 0.3) is 5.91 Å². The Morgan fingerprint density at radius 1 is 1.09 bits per heavy atom. The molecule has 32 heavy (non-hydrogen) atoms. The van der Waals surface area contributed by atoms with Crippen LogP contribution >= 0.6 is 0 Å². The quantitative estimate of drug-likeness (QED) is 0.533. The number of fused-ring (bicyclic) bond motifs is 1. The van der Waals surface area contributed by atoms with E-state index >= 15 is 0 Å². The maximum absolute atomic E-state index is 12.9. The lowest BCUT2D eigenvalue weighted by Gasteiger charge is -2.21. The summed E-state index contributed by atoms with van der Waals surface area (Å²) in [5.41, 5.74) is 1.99. The number of aryl methyl sites for hydroxylation is 2. The van der Waals surface area contributed by atoms with E-state index in [1.165, 1.54) is 0 Å².